The van der Waals surface area contributed by atoms with E-state index >= 15 is 0 Å². The summed E-state index contributed by atoms with van der Waals surface area (Å²) >= 11 is 0. The van der Waals surface area contributed by atoms with Crippen LogP contribution in [0.4, 0.5) is 0 Å². The Labute approximate surface area is 304 Å². The van der Waals surface area contributed by atoms with Crippen LogP contribution >= 0.6 is 7.82 Å². The molecule has 0 aliphatic carbocycles. The highest BCUT2D eigenvalue weighted by Gasteiger charge is 2.22. The molecule has 0 aromatic heterocycles. The Hall–Kier alpha value is -2.51. The highest BCUT2D eigenvalue weighted by atomic mass is 31.2. The second-order valence-electron chi connectivity index (χ2n) is 12.6. The summed E-state index contributed by atoms with van der Waals surface area (Å²) < 4.78 is 26.1. The van der Waals surface area contributed by atoms with E-state index in [1.807, 2.05) is 18.2 Å². The predicted molar refractivity (Wildman–Crippen MR) is 207 cm³/mol. The minimum atomic E-state index is -4.79. The van der Waals surface area contributed by atoms with E-state index in [9.17, 15) is 14.2 Å². The number of hydrogen-bond donors (Lipinski definition) is 2. The monoisotopic (exact) mass is 720 g/mol. The fourth-order valence-corrected chi connectivity index (χ4v) is 5.29. The molecule has 0 amide bonds. The molecule has 0 heterocycles. The lowest BCUT2D eigenvalue weighted by atomic mass is 10.1. The average molecular weight is 721 g/mol. The lowest BCUT2D eigenvalue weighted by molar-refractivity contribution is -0.159. The number of allylic oxidation sites excluding steroid dienone is 11. The standard InChI is InChI=1S/C41H69O8P/c1-3-5-7-9-11-13-15-17-19-20-22-24-26-28-30-32-34-36-41(43)49-39(38-48-50(44,45)46)37-47-40(42)35-33-31-29-27-25-23-21-18-16-14-12-10-8-6-4-2/h11,13,17,19,22,24,28-31,33,35,39H,3-10,12,14-16,18,20-21,23,25-27,32,34,36-38H2,1-2H3,(H2,44,45,46)/b13-11+,19-17+,24-22+,30-28+,31-29+,35-33+/t39-/m1/s1. The Balaban J connectivity index is 4.18. The van der Waals surface area contributed by atoms with Crippen LogP contribution in [0.25, 0.3) is 0 Å². The minimum absolute atomic E-state index is 0.113. The summed E-state index contributed by atoms with van der Waals surface area (Å²) in [4.78, 5) is 42.5. The highest BCUT2D eigenvalue weighted by Crippen LogP contribution is 2.35. The van der Waals surface area contributed by atoms with E-state index < -0.39 is 32.5 Å². The number of carbonyl (C=O) groups is 2. The SMILES string of the molecule is CCCCC/C=C/C/C=C/C/C=C/C/C=C/CCCC(=O)O[C@H](COC(=O)/C=C/C=C/CCCCCCCCCCCCC)COP(=O)(O)O. The molecule has 0 rings (SSSR count). The number of phosphoric ester groups is 1. The van der Waals surface area contributed by atoms with E-state index in [2.05, 4.69) is 54.8 Å². The van der Waals surface area contributed by atoms with Crippen LogP contribution in [0.3, 0.4) is 0 Å². The quantitative estimate of drug-likeness (QED) is 0.0168. The number of unbranched alkanes of at least 4 members (excludes halogenated alkanes) is 15. The molecule has 0 spiro atoms. The summed E-state index contributed by atoms with van der Waals surface area (Å²) in [5.74, 6) is -1.21. The molecule has 9 heteroatoms. The normalized spacial score (nSPS) is 13.3. The van der Waals surface area contributed by atoms with Crippen molar-refractivity contribution in [1.29, 1.82) is 0 Å². The van der Waals surface area contributed by atoms with Crippen molar-refractivity contribution in [3.05, 3.63) is 72.9 Å². The second-order valence-corrected chi connectivity index (χ2v) is 13.9. The number of ether oxygens (including phenoxy) is 2. The topological polar surface area (TPSA) is 119 Å². The van der Waals surface area contributed by atoms with Gasteiger partial charge in [-0.2, -0.15) is 0 Å². The van der Waals surface area contributed by atoms with Crippen LogP contribution in [0.2, 0.25) is 0 Å². The molecule has 0 fully saturated rings. The Bertz CT molecular complexity index is 1040. The molecule has 0 aromatic rings. The van der Waals surface area contributed by atoms with Gasteiger partial charge in [-0.15, -0.1) is 0 Å². The molecular formula is C41H69O8P. The molecule has 8 nitrogen and oxygen atoms in total. The van der Waals surface area contributed by atoms with Gasteiger partial charge >= 0.3 is 19.8 Å². The zero-order valence-electron chi connectivity index (χ0n) is 31.3. The van der Waals surface area contributed by atoms with E-state index in [4.69, 9.17) is 19.3 Å². The van der Waals surface area contributed by atoms with Gasteiger partial charge in [-0.1, -0.05) is 158 Å². The van der Waals surface area contributed by atoms with Gasteiger partial charge in [-0.25, -0.2) is 9.36 Å². The van der Waals surface area contributed by atoms with E-state index in [1.165, 1.54) is 89.5 Å². The van der Waals surface area contributed by atoms with Gasteiger partial charge in [0.05, 0.1) is 6.61 Å². The molecule has 0 saturated heterocycles. The lowest BCUT2D eigenvalue weighted by Crippen LogP contribution is -2.29. The van der Waals surface area contributed by atoms with Crippen LogP contribution in [-0.4, -0.2) is 41.0 Å². The van der Waals surface area contributed by atoms with Crippen LogP contribution in [0, 0.1) is 0 Å². The molecule has 0 aliphatic heterocycles. The van der Waals surface area contributed by atoms with Crippen molar-refractivity contribution in [2.45, 2.75) is 161 Å². The van der Waals surface area contributed by atoms with Gasteiger partial charge in [0.15, 0.2) is 6.10 Å². The zero-order chi connectivity index (χ0) is 36.8. The van der Waals surface area contributed by atoms with Crippen molar-refractivity contribution in [3.63, 3.8) is 0 Å². The number of hydrogen-bond acceptors (Lipinski definition) is 6. The molecule has 0 aromatic carbocycles. The average Bonchev–Trinajstić information content (AvgIpc) is 3.08. The van der Waals surface area contributed by atoms with Gasteiger partial charge in [0, 0.05) is 12.5 Å². The number of rotatable bonds is 34. The molecule has 1 atom stereocenters. The molecule has 0 aliphatic rings. The summed E-state index contributed by atoms with van der Waals surface area (Å²) in [6, 6.07) is 0. The minimum Gasteiger partial charge on any atom is -0.458 e. The molecule has 2 N–H and O–H groups in total. The van der Waals surface area contributed by atoms with E-state index in [1.54, 1.807) is 12.2 Å². The van der Waals surface area contributed by atoms with E-state index in [0.717, 1.165) is 38.5 Å². The van der Waals surface area contributed by atoms with Gasteiger partial charge in [0.1, 0.15) is 6.61 Å². The van der Waals surface area contributed by atoms with Crippen molar-refractivity contribution in [1.82, 2.24) is 0 Å². The summed E-state index contributed by atoms with van der Waals surface area (Å²) in [6.45, 7) is 3.49. The number of phosphoric acid groups is 1. The molecule has 0 bridgehead atoms. The van der Waals surface area contributed by atoms with E-state index in [-0.39, 0.29) is 13.0 Å². The van der Waals surface area contributed by atoms with Crippen molar-refractivity contribution in [2.75, 3.05) is 13.2 Å². The zero-order valence-corrected chi connectivity index (χ0v) is 32.2. The number of esters is 2. The third-order valence-electron chi connectivity index (χ3n) is 7.80. The van der Waals surface area contributed by atoms with Gasteiger partial charge in [-0.3, -0.25) is 9.32 Å². The third-order valence-corrected chi connectivity index (χ3v) is 8.29. The van der Waals surface area contributed by atoms with Crippen LogP contribution in [-0.2, 0) is 28.2 Å². The van der Waals surface area contributed by atoms with Crippen molar-refractivity contribution in [2.24, 2.45) is 0 Å². The largest absolute Gasteiger partial charge is 0.469 e. The summed E-state index contributed by atoms with van der Waals surface area (Å²) in [5.41, 5.74) is 0. The first-order valence-electron chi connectivity index (χ1n) is 19.3. The predicted octanol–water partition coefficient (Wildman–Crippen LogP) is 11.5. The summed E-state index contributed by atoms with van der Waals surface area (Å²) in [5, 5.41) is 0. The summed E-state index contributed by atoms with van der Waals surface area (Å²) in [6.07, 6.45) is 46.9. The Morgan fingerprint density at radius 1 is 0.580 bits per heavy atom. The van der Waals surface area contributed by atoms with Crippen LogP contribution in [0.5, 0.6) is 0 Å². The lowest BCUT2D eigenvalue weighted by Gasteiger charge is -2.18. The third kappa shape index (κ3) is 38.3. The first kappa shape index (κ1) is 47.5. The smallest absolute Gasteiger partial charge is 0.458 e. The van der Waals surface area contributed by atoms with E-state index in [0.29, 0.717) is 12.8 Å². The Morgan fingerprint density at radius 2 is 1.04 bits per heavy atom. The molecule has 50 heavy (non-hydrogen) atoms. The molecule has 0 saturated carbocycles. The van der Waals surface area contributed by atoms with Gasteiger partial charge in [-0.05, 0) is 57.8 Å². The van der Waals surface area contributed by atoms with Gasteiger partial charge < -0.3 is 19.3 Å². The van der Waals surface area contributed by atoms with Gasteiger partial charge in [0.2, 0.25) is 0 Å². The summed E-state index contributed by atoms with van der Waals surface area (Å²) in [7, 11) is -4.79. The highest BCUT2D eigenvalue weighted by molar-refractivity contribution is 7.46. The maximum Gasteiger partial charge on any atom is 0.469 e. The van der Waals surface area contributed by atoms with Crippen LogP contribution in [0.1, 0.15) is 155 Å². The van der Waals surface area contributed by atoms with Gasteiger partial charge in [0.25, 0.3) is 0 Å². The molecule has 286 valence electrons. The molecule has 0 unspecified atom stereocenters. The van der Waals surface area contributed by atoms with Crippen molar-refractivity contribution < 1.29 is 37.9 Å². The van der Waals surface area contributed by atoms with Crippen molar-refractivity contribution in [3.8, 4) is 0 Å². The first-order valence-corrected chi connectivity index (χ1v) is 20.8. The fourth-order valence-electron chi connectivity index (χ4n) is 4.92. The molecule has 0 radical (unpaired) electrons. The van der Waals surface area contributed by atoms with Crippen LogP contribution in [0.15, 0.2) is 72.9 Å². The maximum absolute atomic E-state index is 12.3. The molecular weight excluding hydrogens is 651 g/mol. The fraction of sp³-hybridized carbons (Fsp3) is 0.659. The maximum atomic E-state index is 12.3. The second kappa shape index (κ2) is 36.3. The van der Waals surface area contributed by atoms with Crippen LogP contribution < -0.4 is 0 Å². The van der Waals surface area contributed by atoms with Crippen molar-refractivity contribution >= 4 is 19.8 Å². The Kier molecular flexibility index (Phi) is 34.5. The Morgan fingerprint density at radius 3 is 1.60 bits per heavy atom. The first-order chi connectivity index (χ1) is 24.3. The number of carbonyl (C=O) groups excluding carboxylic acids is 2.